The third-order valence-electron chi connectivity index (χ3n) is 4.61. The summed E-state index contributed by atoms with van der Waals surface area (Å²) < 4.78 is 57.3. The van der Waals surface area contributed by atoms with Crippen LogP contribution in [-0.4, -0.2) is 45.2 Å². The molecule has 0 saturated carbocycles. The number of alkyl halides is 3. The molecule has 0 bridgehead atoms. The Labute approximate surface area is 180 Å². The van der Waals surface area contributed by atoms with Gasteiger partial charge in [-0.2, -0.15) is 18.3 Å². The molecule has 0 aliphatic carbocycles. The Bertz CT molecular complexity index is 1110. The van der Waals surface area contributed by atoms with Crippen LogP contribution < -0.4 is 0 Å². The Hall–Kier alpha value is -3.76. The molecule has 168 valence electrons. The smallest absolute Gasteiger partial charge is 0.417 e. The molecule has 3 aromatic rings. The summed E-state index contributed by atoms with van der Waals surface area (Å²) >= 11 is 0. The predicted octanol–water partition coefficient (Wildman–Crippen LogP) is 3.55. The average Bonchev–Trinajstić information content (AvgIpc) is 3.14. The second-order valence-corrected chi connectivity index (χ2v) is 6.91. The predicted molar refractivity (Wildman–Crippen MR) is 104 cm³/mol. The van der Waals surface area contributed by atoms with Crippen molar-refractivity contribution in [1.82, 2.24) is 19.7 Å². The van der Waals surface area contributed by atoms with Gasteiger partial charge in [0.05, 0.1) is 17.5 Å². The number of carbonyl (C=O) groups is 2. The van der Waals surface area contributed by atoms with Crippen molar-refractivity contribution in [3.63, 3.8) is 0 Å². The topological polar surface area (TPSA) is 77.3 Å². The second-order valence-electron chi connectivity index (χ2n) is 6.91. The molecule has 0 spiro atoms. The number of pyridine rings is 1. The van der Waals surface area contributed by atoms with Gasteiger partial charge >= 0.3 is 12.1 Å². The molecular formula is C21H18F4N4O3. The minimum absolute atomic E-state index is 0.0423. The minimum atomic E-state index is -4.52. The molecule has 0 unspecified atom stereocenters. The van der Waals surface area contributed by atoms with Gasteiger partial charge in [-0.1, -0.05) is 12.1 Å². The lowest BCUT2D eigenvalue weighted by molar-refractivity contribution is -0.137. The van der Waals surface area contributed by atoms with Crippen molar-refractivity contribution in [3.8, 4) is 5.82 Å². The maximum absolute atomic E-state index is 13.0. The van der Waals surface area contributed by atoms with Gasteiger partial charge in [0.25, 0.3) is 5.91 Å². The van der Waals surface area contributed by atoms with E-state index in [2.05, 4.69) is 10.1 Å². The van der Waals surface area contributed by atoms with Crippen LogP contribution >= 0.6 is 0 Å². The Morgan fingerprint density at radius 1 is 1.09 bits per heavy atom. The molecule has 3 rings (SSSR count). The molecule has 0 aliphatic heterocycles. The van der Waals surface area contributed by atoms with Crippen molar-refractivity contribution in [2.45, 2.75) is 19.6 Å². The SMILES string of the molecule is Cc1c(C(=O)OCC(=O)N(C)Cc2ccc(F)cc2)cnn1-c1ccc(C(F)(F)F)cn1. The first-order valence-electron chi connectivity index (χ1n) is 9.30. The number of hydrogen-bond donors (Lipinski definition) is 0. The maximum atomic E-state index is 13.0. The van der Waals surface area contributed by atoms with Crippen LogP contribution in [-0.2, 0) is 22.3 Å². The molecule has 2 heterocycles. The molecule has 0 radical (unpaired) electrons. The number of likely N-dealkylation sites (N-methyl/N-ethyl adjacent to an activating group) is 1. The van der Waals surface area contributed by atoms with Crippen LogP contribution in [0.3, 0.4) is 0 Å². The van der Waals surface area contributed by atoms with Crippen LogP contribution in [0.25, 0.3) is 5.82 Å². The van der Waals surface area contributed by atoms with Crippen LogP contribution in [0, 0.1) is 12.7 Å². The Morgan fingerprint density at radius 2 is 1.78 bits per heavy atom. The first kappa shape index (κ1) is 22.9. The summed E-state index contributed by atoms with van der Waals surface area (Å²) in [7, 11) is 1.51. The fraction of sp³-hybridized carbons (Fsp3) is 0.238. The third kappa shape index (κ3) is 5.29. The van der Waals surface area contributed by atoms with E-state index in [9.17, 15) is 27.2 Å². The van der Waals surface area contributed by atoms with Gasteiger partial charge in [-0.25, -0.2) is 18.9 Å². The fourth-order valence-corrected chi connectivity index (χ4v) is 2.79. The van der Waals surface area contributed by atoms with Gasteiger partial charge in [-0.15, -0.1) is 0 Å². The zero-order valence-electron chi connectivity index (χ0n) is 17.1. The van der Waals surface area contributed by atoms with Crippen LogP contribution in [0.1, 0.15) is 27.2 Å². The molecule has 7 nitrogen and oxygen atoms in total. The number of halogens is 4. The third-order valence-corrected chi connectivity index (χ3v) is 4.61. The highest BCUT2D eigenvalue weighted by Gasteiger charge is 2.31. The number of benzene rings is 1. The van der Waals surface area contributed by atoms with E-state index in [0.29, 0.717) is 11.8 Å². The highest BCUT2D eigenvalue weighted by Crippen LogP contribution is 2.28. The monoisotopic (exact) mass is 450 g/mol. The molecule has 1 amide bonds. The zero-order valence-corrected chi connectivity index (χ0v) is 17.1. The van der Waals surface area contributed by atoms with E-state index < -0.39 is 30.2 Å². The van der Waals surface area contributed by atoms with E-state index in [1.165, 1.54) is 54.0 Å². The Morgan fingerprint density at radius 3 is 2.38 bits per heavy atom. The molecule has 2 aromatic heterocycles. The van der Waals surface area contributed by atoms with Crippen LogP contribution in [0.15, 0.2) is 48.8 Å². The number of aromatic nitrogens is 3. The Balaban J connectivity index is 1.61. The van der Waals surface area contributed by atoms with Gasteiger partial charge in [0.1, 0.15) is 11.4 Å². The van der Waals surface area contributed by atoms with E-state index in [-0.39, 0.29) is 29.4 Å². The van der Waals surface area contributed by atoms with Gasteiger partial charge in [0.15, 0.2) is 12.4 Å². The summed E-state index contributed by atoms with van der Waals surface area (Å²) in [6, 6.07) is 7.62. The quantitative estimate of drug-likeness (QED) is 0.424. The van der Waals surface area contributed by atoms with Gasteiger partial charge < -0.3 is 9.64 Å². The van der Waals surface area contributed by atoms with Crippen molar-refractivity contribution >= 4 is 11.9 Å². The highest BCUT2D eigenvalue weighted by molar-refractivity contribution is 5.92. The number of rotatable bonds is 6. The fourth-order valence-electron chi connectivity index (χ4n) is 2.79. The molecule has 11 heteroatoms. The molecule has 0 fully saturated rings. The molecule has 0 atom stereocenters. The summed E-state index contributed by atoms with van der Waals surface area (Å²) in [6.45, 7) is 1.19. The van der Waals surface area contributed by atoms with Gasteiger partial charge in [0, 0.05) is 19.8 Å². The van der Waals surface area contributed by atoms with E-state index in [1.54, 1.807) is 0 Å². The largest absolute Gasteiger partial charge is 0.452 e. The molecule has 32 heavy (non-hydrogen) atoms. The number of amides is 1. The molecule has 0 aliphatic rings. The van der Waals surface area contributed by atoms with E-state index in [4.69, 9.17) is 4.74 Å². The van der Waals surface area contributed by atoms with E-state index >= 15 is 0 Å². The van der Waals surface area contributed by atoms with E-state index in [1.807, 2.05) is 0 Å². The summed E-state index contributed by atoms with van der Waals surface area (Å²) in [5.41, 5.74) is 0.124. The lowest BCUT2D eigenvalue weighted by Gasteiger charge is -2.17. The van der Waals surface area contributed by atoms with Crippen molar-refractivity contribution in [3.05, 3.63) is 77.0 Å². The number of ether oxygens (including phenoxy) is 1. The number of nitrogens with zero attached hydrogens (tertiary/aromatic N) is 4. The minimum Gasteiger partial charge on any atom is -0.452 e. The van der Waals surface area contributed by atoms with Crippen LogP contribution in [0.5, 0.6) is 0 Å². The average molecular weight is 450 g/mol. The van der Waals surface area contributed by atoms with E-state index in [0.717, 1.165) is 12.1 Å². The first-order valence-corrected chi connectivity index (χ1v) is 9.30. The summed E-state index contributed by atoms with van der Waals surface area (Å²) in [5, 5.41) is 3.97. The number of esters is 1. The van der Waals surface area contributed by atoms with Crippen LogP contribution in [0.4, 0.5) is 17.6 Å². The van der Waals surface area contributed by atoms with Crippen molar-refractivity contribution in [1.29, 1.82) is 0 Å². The molecule has 0 saturated heterocycles. The zero-order chi connectivity index (χ0) is 23.5. The molecular weight excluding hydrogens is 432 g/mol. The van der Waals surface area contributed by atoms with Gasteiger partial charge in [0.2, 0.25) is 0 Å². The number of hydrogen-bond acceptors (Lipinski definition) is 5. The Kier molecular flexibility index (Phi) is 6.56. The standard InChI is InChI=1S/C21H18F4N4O3/c1-13-17(10-27-29(13)18-8-5-15(9-26-18)21(23,24)25)20(31)32-12-19(30)28(2)11-14-3-6-16(22)7-4-14/h3-10H,11-12H2,1-2H3. The van der Waals surface area contributed by atoms with Crippen LogP contribution in [0.2, 0.25) is 0 Å². The van der Waals surface area contributed by atoms with Gasteiger partial charge in [-0.3, -0.25) is 4.79 Å². The van der Waals surface area contributed by atoms with Crippen molar-refractivity contribution in [2.75, 3.05) is 13.7 Å². The molecule has 0 N–H and O–H groups in total. The van der Waals surface area contributed by atoms with Crippen molar-refractivity contribution < 1.29 is 31.9 Å². The summed E-state index contributed by atoms with van der Waals surface area (Å²) in [5.74, 6) is -1.59. The lowest BCUT2D eigenvalue weighted by atomic mass is 10.2. The van der Waals surface area contributed by atoms with Crippen molar-refractivity contribution in [2.24, 2.45) is 0 Å². The maximum Gasteiger partial charge on any atom is 0.417 e. The normalized spacial score (nSPS) is 11.3. The number of carbonyl (C=O) groups excluding carboxylic acids is 2. The summed E-state index contributed by atoms with van der Waals surface area (Å²) in [6.07, 6.45) is -2.66. The lowest BCUT2D eigenvalue weighted by Crippen LogP contribution is -2.30. The molecule has 1 aromatic carbocycles. The second kappa shape index (κ2) is 9.16. The summed E-state index contributed by atoms with van der Waals surface area (Å²) in [4.78, 5) is 29.6. The first-order chi connectivity index (χ1) is 15.1. The highest BCUT2D eigenvalue weighted by atomic mass is 19.4. The van der Waals surface area contributed by atoms with Gasteiger partial charge in [-0.05, 0) is 36.8 Å².